The Morgan fingerprint density at radius 1 is 1.18 bits per heavy atom. The Kier molecular flexibility index (Phi) is 8.10. The molecule has 0 saturated carbocycles. The van der Waals surface area contributed by atoms with Gasteiger partial charge in [-0.05, 0) is 64.4 Å². The first-order valence-electron chi connectivity index (χ1n) is 13.8. The molecule has 2 aliphatic rings. The quantitative estimate of drug-likeness (QED) is 0.481. The molecule has 0 atom stereocenters. The van der Waals surface area contributed by atoms with Gasteiger partial charge in [0.05, 0.1) is 17.0 Å². The Morgan fingerprint density at radius 3 is 2.60 bits per heavy atom. The first-order chi connectivity index (χ1) is 19.2. The highest BCUT2D eigenvalue weighted by molar-refractivity contribution is 5.72. The number of piperidine rings is 1. The maximum Gasteiger partial charge on any atom is 0.418 e. The lowest BCUT2D eigenvalue weighted by molar-refractivity contribution is 0.0624. The molecule has 0 bridgehead atoms. The van der Waals surface area contributed by atoms with Crippen molar-refractivity contribution in [2.45, 2.75) is 64.7 Å². The zero-order valence-electron chi connectivity index (χ0n) is 23.3. The monoisotopic (exact) mass is 542 g/mol. The van der Waals surface area contributed by atoms with Gasteiger partial charge in [0.15, 0.2) is 0 Å². The van der Waals surface area contributed by atoms with Crippen LogP contribution in [-0.4, -0.2) is 57.1 Å². The molecule has 5 rings (SSSR count). The van der Waals surface area contributed by atoms with Crippen LogP contribution >= 0.6 is 0 Å². The van der Waals surface area contributed by atoms with E-state index >= 15 is 0 Å². The summed E-state index contributed by atoms with van der Waals surface area (Å²) in [6.45, 7) is 9.77. The Bertz CT molecular complexity index is 1410. The van der Waals surface area contributed by atoms with E-state index in [9.17, 15) is 14.4 Å². The molecule has 3 heterocycles. The minimum absolute atomic E-state index is 0.0354. The maximum absolute atomic E-state index is 14.7. The average molecular weight is 543 g/mol. The molecule has 1 N–H and O–H groups in total. The number of ether oxygens (including phenoxy) is 1. The van der Waals surface area contributed by atoms with Gasteiger partial charge in [-0.15, -0.1) is 0 Å². The number of nitrogens with one attached hydrogen (secondary N) is 1. The number of nitriles is 1. The van der Waals surface area contributed by atoms with E-state index in [2.05, 4.69) is 32.3 Å². The van der Waals surface area contributed by atoms with Crippen LogP contribution in [0.1, 0.15) is 56.0 Å². The number of nitrogens with zero attached hydrogens (tertiary/aromatic N) is 5. The summed E-state index contributed by atoms with van der Waals surface area (Å²) in [7, 11) is 0. The number of aromatic nitrogens is 2. The lowest BCUT2D eigenvalue weighted by Crippen LogP contribution is -2.55. The zero-order valence-corrected chi connectivity index (χ0v) is 23.3. The predicted molar refractivity (Wildman–Crippen MR) is 150 cm³/mol. The summed E-state index contributed by atoms with van der Waals surface area (Å²) < 4.78 is 20.6. The molecule has 1 fully saturated rings. The average Bonchev–Trinajstić information content (AvgIpc) is 2.93. The van der Waals surface area contributed by atoms with Crippen molar-refractivity contribution < 1.29 is 13.9 Å². The Labute approximate surface area is 234 Å². The van der Waals surface area contributed by atoms with Crippen LogP contribution in [0.2, 0.25) is 0 Å². The fourth-order valence-corrected chi connectivity index (χ4v) is 5.62. The number of rotatable bonds is 5. The zero-order chi connectivity index (χ0) is 28.3. The fraction of sp³-hybridized carbons (Fsp3) is 0.419. The van der Waals surface area contributed by atoms with Crippen LogP contribution in [0.3, 0.4) is 0 Å². The van der Waals surface area contributed by atoms with Gasteiger partial charge in [-0.3, -0.25) is 9.80 Å². The number of fused-ring (bicyclic) bond motifs is 1. The third-order valence-corrected chi connectivity index (χ3v) is 7.50. The van der Waals surface area contributed by atoms with Crippen molar-refractivity contribution in [2.75, 3.05) is 19.6 Å². The SMILES string of the molecule is CC(C)(C)N(C(=O)Oc1nc2c(c(-c3ccc(C#N)c(F)c3)n1)CN(Cc1ccccc1)CC2)C1CCNCC1. The lowest BCUT2D eigenvalue weighted by Gasteiger charge is -2.42. The van der Waals surface area contributed by atoms with Gasteiger partial charge in [0.2, 0.25) is 0 Å². The standard InChI is InChI=1S/C31H35FN6O2/c1-31(2,3)38(24-11-14-34-15-12-24)30(39)40-29-35-27-13-16-37(19-21-7-5-4-6-8-21)20-25(27)28(36-29)22-9-10-23(18-33)26(32)17-22/h4-10,17,24,34H,11-16,19-20H2,1-3H3. The fourth-order valence-electron chi connectivity index (χ4n) is 5.62. The molecule has 9 heteroatoms. The molecule has 0 spiro atoms. The molecule has 0 radical (unpaired) electrons. The van der Waals surface area contributed by atoms with Crippen molar-refractivity contribution in [3.63, 3.8) is 0 Å². The Hall–Kier alpha value is -3.87. The van der Waals surface area contributed by atoms with Gasteiger partial charge in [0.1, 0.15) is 11.9 Å². The number of carbonyl (C=O) groups is 1. The van der Waals surface area contributed by atoms with Crippen LogP contribution < -0.4 is 10.1 Å². The van der Waals surface area contributed by atoms with E-state index in [0.29, 0.717) is 24.2 Å². The molecule has 1 amide bonds. The van der Waals surface area contributed by atoms with Crippen LogP contribution in [0.5, 0.6) is 6.01 Å². The van der Waals surface area contributed by atoms with Crippen LogP contribution in [0.4, 0.5) is 9.18 Å². The van der Waals surface area contributed by atoms with Gasteiger partial charge in [-0.25, -0.2) is 9.18 Å². The Balaban J connectivity index is 1.49. The van der Waals surface area contributed by atoms with E-state index in [4.69, 9.17) is 4.74 Å². The van der Waals surface area contributed by atoms with Crippen LogP contribution in [0.15, 0.2) is 48.5 Å². The molecule has 2 aliphatic heterocycles. The summed E-state index contributed by atoms with van der Waals surface area (Å²) in [5.74, 6) is -0.618. The van der Waals surface area contributed by atoms with Gasteiger partial charge >= 0.3 is 12.1 Å². The summed E-state index contributed by atoms with van der Waals surface area (Å²) >= 11 is 0. The molecule has 3 aromatic rings. The maximum atomic E-state index is 14.7. The highest BCUT2D eigenvalue weighted by Gasteiger charge is 2.36. The highest BCUT2D eigenvalue weighted by Crippen LogP contribution is 2.32. The number of hydrogen-bond donors (Lipinski definition) is 1. The van der Waals surface area contributed by atoms with Crippen molar-refractivity contribution in [2.24, 2.45) is 0 Å². The highest BCUT2D eigenvalue weighted by atomic mass is 19.1. The van der Waals surface area contributed by atoms with Crippen molar-refractivity contribution in [1.29, 1.82) is 5.26 Å². The minimum Gasteiger partial charge on any atom is -0.374 e. The van der Waals surface area contributed by atoms with E-state index in [1.54, 1.807) is 11.0 Å². The van der Waals surface area contributed by atoms with Crippen molar-refractivity contribution in [3.05, 3.63) is 76.7 Å². The summed E-state index contributed by atoms with van der Waals surface area (Å²) in [4.78, 5) is 27.0. The van der Waals surface area contributed by atoms with Crippen molar-refractivity contribution >= 4 is 6.09 Å². The van der Waals surface area contributed by atoms with E-state index < -0.39 is 17.4 Å². The minimum atomic E-state index is -0.618. The summed E-state index contributed by atoms with van der Waals surface area (Å²) in [5.41, 5.74) is 3.39. The normalized spacial score (nSPS) is 16.2. The summed E-state index contributed by atoms with van der Waals surface area (Å²) in [5, 5.41) is 12.6. The first-order valence-corrected chi connectivity index (χ1v) is 13.8. The lowest BCUT2D eigenvalue weighted by atomic mass is 9.98. The summed E-state index contributed by atoms with van der Waals surface area (Å²) in [6.07, 6.45) is 1.82. The van der Waals surface area contributed by atoms with Crippen LogP contribution in [-0.2, 0) is 19.5 Å². The molecular formula is C31H35FN6O2. The molecule has 0 aliphatic carbocycles. The van der Waals surface area contributed by atoms with Gasteiger partial charge < -0.3 is 10.1 Å². The number of carbonyl (C=O) groups excluding carboxylic acids is 1. The van der Waals surface area contributed by atoms with Crippen molar-refractivity contribution in [1.82, 2.24) is 25.1 Å². The number of halogens is 1. The third-order valence-electron chi connectivity index (χ3n) is 7.50. The van der Waals surface area contributed by atoms with E-state index in [1.807, 2.05) is 45.0 Å². The van der Waals surface area contributed by atoms with E-state index in [-0.39, 0.29) is 17.6 Å². The largest absolute Gasteiger partial charge is 0.418 e. The van der Waals surface area contributed by atoms with Gasteiger partial charge in [-0.1, -0.05) is 36.4 Å². The number of amides is 1. The van der Waals surface area contributed by atoms with E-state index in [0.717, 1.165) is 50.3 Å². The second-order valence-corrected chi connectivity index (χ2v) is 11.4. The smallest absolute Gasteiger partial charge is 0.374 e. The van der Waals surface area contributed by atoms with Crippen molar-refractivity contribution in [3.8, 4) is 23.3 Å². The summed E-state index contributed by atoms with van der Waals surface area (Å²) in [6, 6.07) is 16.6. The first kappa shape index (κ1) is 27.7. The molecule has 0 unspecified atom stereocenters. The Morgan fingerprint density at radius 2 is 1.93 bits per heavy atom. The van der Waals surface area contributed by atoms with Crippen LogP contribution in [0, 0.1) is 17.1 Å². The molecule has 2 aromatic carbocycles. The molecule has 1 saturated heterocycles. The molecule has 8 nitrogen and oxygen atoms in total. The predicted octanol–water partition coefficient (Wildman–Crippen LogP) is 5.06. The third kappa shape index (κ3) is 6.14. The topological polar surface area (TPSA) is 94.4 Å². The number of benzene rings is 2. The second kappa shape index (κ2) is 11.7. The van der Waals surface area contributed by atoms with E-state index in [1.165, 1.54) is 17.7 Å². The molecule has 208 valence electrons. The van der Waals surface area contributed by atoms with Crippen LogP contribution in [0.25, 0.3) is 11.3 Å². The van der Waals surface area contributed by atoms with Gasteiger partial charge in [-0.2, -0.15) is 15.2 Å². The van der Waals surface area contributed by atoms with Gasteiger partial charge in [0.25, 0.3) is 0 Å². The van der Waals surface area contributed by atoms with Gasteiger partial charge in [0, 0.05) is 48.8 Å². The number of hydrogen-bond acceptors (Lipinski definition) is 7. The second-order valence-electron chi connectivity index (χ2n) is 11.4. The molecular weight excluding hydrogens is 507 g/mol. The molecule has 40 heavy (non-hydrogen) atoms. The molecule has 1 aromatic heterocycles.